The van der Waals surface area contributed by atoms with Gasteiger partial charge in [0.1, 0.15) is 5.75 Å². The van der Waals surface area contributed by atoms with Gasteiger partial charge in [-0.15, -0.1) is 0 Å². The second kappa shape index (κ2) is 9.09. The number of benzene rings is 1. The summed E-state index contributed by atoms with van der Waals surface area (Å²) in [5.41, 5.74) is 1.41. The van der Waals surface area contributed by atoms with Crippen LogP contribution in [0, 0.1) is 0 Å². The van der Waals surface area contributed by atoms with Crippen molar-refractivity contribution in [2.45, 2.75) is 70.8 Å². The minimum absolute atomic E-state index is 0.638. The summed E-state index contributed by atoms with van der Waals surface area (Å²) in [7, 11) is 0. The fraction of sp³-hybridized carbons (Fsp3) is 0.684. The van der Waals surface area contributed by atoms with Gasteiger partial charge in [-0.2, -0.15) is 0 Å². The molecule has 1 fully saturated rings. The SMILES string of the molecule is CCC(C)c1ccc(OCCCNC2CCCCC2)cc1. The zero-order chi connectivity index (χ0) is 14.9. The third-order valence-electron chi connectivity index (χ3n) is 4.69. The van der Waals surface area contributed by atoms with E-state index in [1.165, 1.54) is 44.1 Å². The fourth-order valence-corrected chi connectivity index (χ4v) is 3.00. The van der Waals surface area contributed by atoms with Crippen molar-refractivity contribution in [1.29, 1.82) is 0 Å². The molecule has 2 rings (SSSR count). The molecule has 0 bridgehead atoms. The van der Waals surface area contributed by atoms with Crippen LogP contribution in [0.3, 0.4) is 0 Å². The Morgan fingerprint density at radius 2 is 1.86 bits per heavy atom. The summed E-state index contributed by atoms with van der Waals surface area (Å²) in [5, 5.41) is 3.66. The molecule has 0 amide bonds. The molecule has 1 saturated carbocycles. The van der Waals surface area contributed by atoms with Crippen molar-refractivity contribution in [3.8, 4) is 5.75 Å². The Morgan fingerprint density at radius 3 is 2.52 bits per heavy atom. The molecule has 118 valence electrons. The molecule has 0 heterocycles. The van der Waals surface area contributed by atoms with Crippen molar-refractivity contribution < 1.29 is 4.74 Å². The first kappa shape index (κ1) is 16.4. The number of rotatable bonds is 8. The summed E-state index contributed by atoms with van der Waals surface area (Å²) in [4.78, 5) is 0. The van der Waals surface area contributed by atoms with Gasteiger partial charge in [-0.1, -0.05) is 45.2 Å². The van der Waals surface area contributed by atoms with Crippen molar-refractivity contribution in [1.82, 2.24) is 5.32 Å². The maximum Gasteiger partial charge on any atom is 0.119 e. The van der Waals surface area contributed by atoms with Crippen molar-refractivity contribution in [3.63, 3.8) is 0 Å². The van der Waals surface area contributed by atoms with Crippen molar-refractivity contribution >= 4 is 0 Å². The van der Waals surface area contributed by atoms with E-state index < -0.39 is 0 Å². The van der Waals surface area contributed by atoms with Gasteiger partial charge >= 0.3 is 0 Å². The minimum Gasteiger partial charge on any atom is -0.494 e. The lowest BCUT2D eigenvalue weighted by molar-refractivity contribution is 0.297. The topological polar surface area (TPSA) is 21.3 Å². The van der Waals surface area contributed by atoms with Crippen LogP contribution < -0.4 is 10.1 Å². The zero-order valence-electron chi connectivity index (χ0n) is 13.7. The van der Waals surface area contributed by atoms with E-state index in [1.54, 1.807) is 0 Å². The summed E-state index contributed by atoms with van der Waals surface area (Å²) in [6.07, 6.45) is 9.22. The van der Waals surface area contributed by atoms with E-state index in [9.17, 15) is 0 Å². The highest BCUT2D eigenvalue weighted by atomic mass is 16.5. The molecule has 0 radical (unpaired) electrons. The van der Waals surface area contributed by atoms with Crippen LogP contribution in [0.15, 0.2) is 24.3 Å². The lowest BCUT2D eigenvalue weighted by Gasteiger charge is -2.22. The summed E-state index contributed by atoms with van der Waals surface area (Å²) in [6, 6.07) is 9.37. The van der Waals surface area contributed by atoms with Crippen molar-refractivity contribution in [2.75, 3.05) is 13.2 Å². The molecule has 0 aliphatic heterocycles. The molecule has 0 spiro atoms. The van der Waals surface area contributed by atoms with E-state index in [-0.39, 0.29) is 0 Å². The van der Waals surface area contributed by atoms with Crippen LogP contribution in [0.4, 0.5) is 0 Å². The Balaban J connectivity index is 1.59. The van der Waals surface area contributed by atoms with Gasteiger partial charge in [-0.25, -0.2) is 0 Å². The molecule has 1 N–H and O–H groups in total. The minimum atomic E-state index is 0.638. The number of nitrogens with one attached hydrogen (secondary N) is 1. The Kier molecular flexibility index (Phi) is 7.08. The van der Waals surface area contributed by atoms with Gasteiger partial charge in [0.15, 0.2) is 0 Å². The molecule has 21 heavy (non-hydrogen) atoms. The average molecular weight is 289 g/mol. The molecular weight excluding hydrogens is 258 g/mol. The van der Waals surface area contributed by atoms with Crippen molar-refractivity contribution in [3.05, 3.63) is 29.8 Å². The van der Waals surface area contributed by atoms with Gasteiger partial charge in [0.25, 0.3) is 0 Å². The predicted molar refractivity (Wildman–Crippen MR) is 90.1 cm³/mol. The fourth-order valence-electron chi connectivity index (χ4n) is 3.00. The van der Waals surface area contributed by atoms with E-state index in [0.717, 1.165) is 31.4 Å². The lowest BCUT2D eigenvalue weighted by atomic mass is 9.95. The summed E-state index contributed by atoms with van der Waals surface area (Å²) in [5.74, 6) is 1.64. The Labute approximate surface area is 130 Å². The van der Waals surface area contributed by atoms with E-state index in [2.05, 4.69) is 43.4 Å². The van der Waals surface area contributed by atoms with Crippen molar-refractivity contribution in [2.24, 2.45) is 0 Å². The van der Waals surface area contributed by atoms with Crippen LogP contribution in [0.5, 0.6) is 5.75 Å². The molecule has 1 aliphatic carbocycles. The van der Waals surface area contributed by atoms with E-state index in [4.69, 9.17) is 4.74 Å². The first-order valence-electron chi connectivity index (χ1n) is 8.75. The van der Waals surface area contributed by atoms with Crippen LogP contribution in [0.2, 0.25) is 0 Å². The zero-order valence-corrected chi connectivity index (χ0v) is 13.7. The maximum absolute atomic E-state index is 5.82. The second-order valence-electron chi connectivity index (χ2n) is 6.37. The Morgan fingerprint density at radius 1 is 1.14 bits per heavy atom. The van der Waals surface area contributed by atoms with Crippen LogP contribution in [-0.4, -0.2) is 19.2 Å². The van der Waals surface area contributed by atoms with Gasteiger partial charge in [0.05, 0.1) is 6.61 Å². The number of ether oxygens (including phenoxy) is 1. The van der Waals surface area contributed by atoms with E-state index in [0.29, 0.717) is 5.92 Å². The molecule has 2 heteroatoms. The van der Waals surface area contributed by atoms with Gasteiger partial charge in [-0.05, 0) is 55.8 Å². The van der Waals surface area contributed by atoms with Crippen LogP contribution in [0.1, 0.15) is 70.3 Å². The summed E-state index contributed by atoms with van der Waals surface area (Å²) < 4.78 is 5.82. The lowest BCUT2D eigenvalue weighted by Crippen LogP contribution is -2.32. The largest absolute Gasteiger partial charge is 0.494 e. The monoisotopic (exact) mass is 289 g/mol. The quantitative estimate of drug-likeness (QED) is 0.688. The van der Waals surface area contributed by atoms with E-state index >= 15 is 0 Å². The highest BCUT2D eigenvalue weighted by Crippen LogP contribution is 2.21. The molecule has 1 atom stereocenters. The second-order valence-corrected chi connectivity index (χ2v) is 6.37. The predicted octanol–water partition coefficient (Wildman–Crippen LogP) is 4.89. The molecule has 1 aromatic carbocycles. The van der Waals surface area contributed by atoms with Crippen LogP contribution >= 0.6 is 0 Å². The molecule has 0 aromatic heterocycles. The third-order valence-corrected chi connectivity index (χ3v) is 4.69. The van der Waals surface area contributed by atoms with Gasteiger partial charge in [0, 0.05) is 6.04 Å². The Bertz CT molecular complexity index is 381. The average Bonchev–Trinajstić information content (AvgIpc) is 2.55. The normalized spacial score (nSPS) is 17.6. The van der Waals surface area contributed by atoms with Crippen LogP contribution in [0.25, 0.3) is 0 Å². The highest BCUT2D eigenvalue weighted by molar-refractivity contribution is 5.29. The van der Waals surface area contributed by atoms with E-state index in [1.807, 2.05) is 0 Å². The number of hydrogen-bond donors (Lipinski definition) is 1. The van der Waals surface area contributed by atoms with Gasteiger partial charge < -0.3 is 10.1 Å². The Hall–Kier alpha value is -1.02. The number of hydrogen-bond acceptors (Lipinski definition) is 2. The maximum atomic E-state index is 5.82. The smallest absolute Gasteiger partial charge is 0.119 e. The molecule has 0 saturated heterocycles. The highest BCUT2D eigenvalue weighted by Gasteiger charge is 2.11. The van der Waals surface area contributed by atoms with Gasteiger partial charge in [0.2, 0.25) is 0 Å². The molecule has 1 aliphatic rings. The first-order chi connectivity index (χ1) is 10.3. The molecular formula is C19H31NO. The van der Waals surface area contributed by atoms with Gasteiger partial charge in [-0.3, -0.25) is 0 Å². The molecule has 2 nitrogen and oxygen atoms in total. The molecule has 1 unspecified atom stereocenters. The molecule has 1 aromatic rings. The standard InChI is InChI=1S/C19H31NO/c1-3-16(2)17-10-12-19(13-11-17)21-15-7-14-20-18-8-5-4-6-9-18/h10-13,16,18,20H,3-9,14-15H2,1-2H3. The summed E-state index contributed by atoms with van der Waals surface area (Å²) >= 11 is 0. The van der Waals surface area contributed by atoms with Crippen LogP contribution in [-0.2, 0) is 0 Å². The third kappa shape index (κ3) is 5.70. The first-order valence-corrected chi connectivity index (χ1v) is 8.75. The summed E-state index contributed by atoms with van der Waals surface area (Å²) in [6.45, 7) is 6.39.